The number of nitrogens with zero attached hydrogens (tertiary/aromatic N) is 2. The number of nitro benzene ring substituents is 1. The Hall–Kier alpha value is -3.66. The van der Waals surface area contributed by atoms with E-state index in [1.165, 1.54) is 18.2 Å². The van der Waals surface area contributed by atoms with Gasteiger partial charge in [0.2, 0.25) is 0 Å². The van der Waals surface area contributed by atoms with Gasteiger partial charge in [0.25, 0.3) is 11.6 Å². The minimum atomic E-state index is -0.731. The van der Waals surface area contributed by atoms with Crippen molar-refractivity contribution in [3.63, 3.8) is 0 Å². The maximum absolute atomic E-state index is 12.4. The monoisotopic (exact) mass is 351 g/mol. The molecular formula is C19H17N3O4. The number of carbonyl (C=O) groups excluding carboxylic acids is 1. The lowest BCUT2D eigenvalue weighted by molar-refractivity contribution is -0.384. The molecule has 1 N–H and O–H groups in total. The first-order valence-electron chi connectivity index (χ1n) is 7.86. The van der Waals surface area contributed by atoms with Crippen LogP contribution in [0.1, 0.15) is 18.1 Å². The van der Waals surface area contributed by atoms with Gasteiger partial charge in [-0.3, -0.25) is 14.9 Å². The SMILES string of the molecule is CCOc1ccccc1/C=C(\C#N)C(=O)Nc1ccc(C)cc1[N+](=O)[O-]. The van der Waals surface area contributed by atoms with E-state index in [1.807, 2.05) is 13.0 Å². The minimum Gasteiger partial charge on any atom is -0.493 e. The number of nitro groups is 1. The zero-order valence-corrected chi connectivity index (χ0v) is 14.4. The molecule has 0 bridgehead atoms. The Morgan fingerprint density at radius 1 is 1.35 bits per heavy atom. The Kier molecular flexibility index (Phi) is 6.06. The van der Waals surface area contributed by atoms with Crippen molar-refractivity contribution in [3.8, 4) is 11.8 Å². The Morgan fingerprint density at radius 2 is 2.08 bits per heavy atom. The number of nitrogens with one attached hydrogen (secondary N) is 1. The molecule has 7 heteroatoms. The van der Waals surface area contributed by atoms with Gasteiger partial charge >= 0.3 is 0 Å². The van der Waals surface area contributed by atoms with Crippen molar-refractivity contribution >= 4 is 23.4 Å². The van der Waals surface area contributed by atoms with Crippen molar-refractivity contribution in [2.75, 3.05) is 11.9 Å². The van der Waals surface area contributed by atoms with Crippen molar-refractivity contribution in [1.82, 2.24) is 0 Å². The van der Waals surface area contributed by atoms with E-state index in [4.69, 9.17) is 4.74 Å². The van der Waals surface area contributed by atoms with Gasteiger partial charge in [0.05, 0.1) is 11.5 Å². The Balaban J connectivity index is 2.34. The van der Waals surface area contributed by atoms with Crippen molar-refractivity contribution in [1.29, 1.82) is 5.26 Å². The molecule has 0 aliphatic rings. The van der Waals surface area contributed by atoms with Crippen LogP contribution in [0, 0.1) is 28.4 Å². The van der Waals surface area contributed by atoms with E-state index >= 15 is 0 Å². The van der Waals surface area contributed by atoms with E-state index in [0.717, 1.165) is 0 Å². The molecule has 2 aromatic carbocycles. The number of carbonyl (C=O) groups is 1. The fourth-order valence-corrected chi connectivity index (χ4v) is 2.28. The number of para-hydroxylation sites is 1. The van der Waals surface area contributed by atoms with Gasteiger partial charge in [0.1, 0.15) is 23.1 Å². The third-order valence-corrected chi connectivity index (χ3v) is 3.48. The molecule has 2 rings (SSSR count). The summed E-state index contributed by atoms with van der Waals surface area (Å²) in [6.07, 6.45) is 1.39. The maximum atomic E-state index is 12.4. The second-order valence-corrected chi connectivity index (χ2v) is 5.37. The standard InChI is InChI=1S/C19H17N3O4/c1-3-26-18-7-5-4-6-14(18)11-15(12-20)19(23)21-16-9-8-13(2)10-17(16)22(24)25/h4-11H,3H2,1-2H3,(H,21,23)/b15-11+. The summed E-state index contributed by atoms with van der Waals surface area (Å²) in [5.74, 6) is -0.192. The summed E-state index contributed by atoms with van der Waals surface area (Å²) in [7, 11) is 0. The van der Waals surface area contributed by atoms with Crippen LogP contribution in [0.15, 0.2) is 48.0 Å². The largest absolute Gasteiger partial charge is 0.493 e. The molecule has 0 aromatic heterocycles. The molecule has 0 aliphatic carbocycles. The number of hydrogen-bond donors (Lipinski definition) is 1. The number of amides is 1. The molecule has 1 amide bonds. The van der Waals surface area contributed by atoms with E-state index in [1.54, 1.807) is 37.3 Å². The average Bonchev–Trinajstić information content (AvgIpc) is 2.62. The summed E-state index contributed by atoms with van der Waals surface area (Å²) < 4.78 is 5.47. The van der Waals surface area contributed by atoms with Crippen LogP contribution in [0.5, 0.6) is 5.75 Å². The minimum absolute atomic E-state index is 0.0323. The van der Waals surface area contributed by atoms with Gasteiger partial charge in [-0.1, -0.05) is 24.3 Å². The maximum Gasteiger partial charge on any atom is 0.293 e. The van der Waals surface area contributed by atoms with Crippen LogP contribution in [0.4, 0.5) is 11.4 Å². The van der Waals surface area contributed by atoms with Crippen LogP contribution in [0.3, 0.4) is 0 Å². The number of benzene rings is 2. The van der Waals surface area contributed by atoms with Crippen molar-refractivity contribution in [2.24, 2.45) is 0 Å². The zero-order chi connectivity index (χ0) is 19.1. The predicted molar refractivity (Wildman–Crippen MR) is 97.7 cm³/mol. The van der Waals surface area contributed by atoms with Crippen LogP contribution in [0.2, 0.25) is 0 Å². The smallest absolute Gasteiger partial charge is 0.293 e. The molecule has 7 nitrogen and oxygen atoms in total. The van der Waals surface area contributed by atoms with Crippen LogP contribution in [-0.2, 0) is 4.79 Å². The highest BCUT2D eigenvalue weighted by Crippen LogP contribution is 2.26. The average molecular weight is 351 g/mol. The number of aryl methyl sites for hydroxylation is 1. The lowest BCUT2D eigenvalue weighted by Gasteiger charge is -2.08. The fraction of sp³-hybridized carbons (Fsp3) is 0.158. The first kappa shape index (κ1) is 18.7. The summed E-state index contributed by atoms with van der Waals surface area (Å²) >= 11 is 0. The van der Waals surface area contributed by atoms with Gasteiger partial charge in [-0.25, -0.2) is 0 Å². The molecule has 2 aromatic rings. The first-order valence-corrected chi connectivity index (χ1v) is 7.86. The molecule has 0 atom stereocenters. The Bertz CT molecular complexity index is 913. The van der Waals surface area contributed by atoms with Gasteiger partial charge in [-0.2, -0.15) is 5.26 Å². The van der Waals surface area contributed by atoms with E-state index in [0.29, 0.717) is 23.5 Å². The van der Waals surface area contributed by atoms with E-state index in [9.17, 15) is 20.2 Å². The van der Waals surface area contributed by atoms with Crippen LogP contribution >= 0.6 is 0 Å². The van der Waals surface area contributed by atoms with Crippen LogP contribution in [0.25, 0.3) is 6.08 Å². The molecule has 0 heterocycles. The number of anilines is 1. The van der Waals surface area contributed by atoms with Gasteiger partial charge in [-0.15, -0.1) is 0 Å². The fourth-order valence-electron chi connectivity index (χ4n) is 2.28. The van der Waals surface area contributed by atoms with Crippen LogP contribution in [-0.4, -0.2) is 17.4 Å². The summed E-state index contributed by atoms with van der Waals surface area (Å²) in [6, 6.07) is 13.2. The predicted octanol–water partition coefficient (Wildman–Crippen LogP) is 3.85. The van der Waals surface area contributed by atoms with Crippen molar-refractivity contribution < 1.29 is 14.5 Å². The topological polar surface area (TPSA) is 105 Å². The first-order chi connectivity index (χ1) is 12.5. The van der Waals surface area contributed by atoms with E-state index in [-0.39, 0.29) is 16.9 Å². The van der Waals surface area contributed by atoms with Crippen LogP contribution < -0.4 is 10.1 Å². The lowest BCUT2D eigenvalue weighted by atomic mass is 10.1. The highest BCUT2D eigenvalue weighted by Gasteiger charge is 2.18. The highest BCUT2D eigenvalue weighted by atomic mass is 16.6. The molecule has 0 saturated heterocycles. The molecule has 132 valence electrons. The van der Waals surface area contributed by atoms with Crippen molar-refractivity contribution in [2.45, 2.75) is 13.8 Å². The number of nitriles is 1. The van der Waals surface area contributed by atoms with Gasteiger partial charge < -0.3 is 10.1 Å². The highest BCUT2D eigenvalue weighted by molar-refractivity contribution is 6.10. The second kappa shape index (κ2) is 8.44. The summed E-state index contributed by atoms with van der Waals surface area (Å²) in [4.78, 5) is 23.0. The molecule has 0 spiro atoms. The van der Waals surface area contributed by atoms with Gasteiger partial charge in [0.15, 0.2) is 0 Å². The van der Waals surface area contributed by atoms with E-state index < -0.39 is 10.8 Å². The van der Waals surface area contributed by atoms with E-state index in [2.05, 4.69) is 5.32 Å². The zero-order valence-electron chi connectivity index (χ0n) is 14.4. The normalized spacial score (nSPS) is 10.7. The Labute approximate surface area is 150 Å². The molecule has 0 aliphatic heterocycles. The number of rotatable bonds is 6. The van der Waals surface area contributed by atoms with Gasteiger partial charge in [-0.05, 0) is 37.6 Å². The Morgan fingerprint density at radius 3 is 2.73 bits per heavy atom. The summed E-state index contributed by atoms with van der Waals surface area (Å²) in [5.41, 5.74) is 0.873. The molecule has 0 radical (unpaired) electrons. The quantitative estimate of drug-likeness (QED) is 0.368. The third-order valence-electron chi connectivity index (χ3n) is 3.48. The van der Waals surface area contributed by atoms with Crippen molar-refractivity contribution in [3.05, 3.63) is 69.3 Å². The lowest BCUT2D eigenvalue weighted by Crippen LogP contribution is -2.14. The van der Waals surface area contributed by atoms with Gasteiger partial charge in [0, 0.05) is 11.6 Å². The number of ether oxygens (including phenoxy) is 1. The number of hydrogen-bond acceptors (Lipinski definition) is 5. The second-order valence-electron chi connectivity index (χ2n) is 5.37. The molecular weight excluding hydrogens is 334 g/mol. The molecule has 0 fully saturated rings. The molecule has 0 saturated carbocycles. The molecule has 0 unspecified atom stereocenters. The summed E-state index contributed by atoms with van der Waals surface area (Å²) in [6.45, 7) is 3.98. The molecule has 26 heavy (non-hydrogen) atoms. The summed E-state index contributed by atoms with van der Waals surface area (Å²) in [5, 5.41) is 22.9. The third kappa shape index (κ3) is 4.45.